The lowest BCUT2D eigenvalue weighted by molar-refractivity contribution is -0.114. The number of fused-ring (bicyclic) bond motifs is 1. The van der Waals surface area contributed by atoms with Crippen LogP contribution >= 0.6 is 11.8 Å². The van der Waals surface area contributed by atoms with E-state index in [0.717, 1.165) is 10.8 Å². The fraction of sp³-hybridized carbons (Fsp3) is 0.182. The number of benzene rings is 2. The molecule has 0 aliphatic carbocycles. The van der Waals surface area contributed by atoms with E-state index >= 15 is 0 Å². The molecule has 0 atom stereocenters. The van der Waals surface area contributed by atoms with Crippen molar-refractivity contribution in [2.75, 3.05) is 20.3 Å². The van der Waals surface area contributed by atoms with Crippen LogP contribution in [0.4, 0.5) is 0 Å². The third-order valence-corrected chi connectivity index (χ3v) is 5.23. The van der Waals surface area contributed by atoms with Gasteiger partial charge in [-0.3, -0.25) is 10.2 Å². The first-order chi connectivity index (χ1) is 15.0. The zero-order valence-corrected chi connectivity index (χ0v) is 17.8. The summed E-state index contributed by atoms with van der Waals surface area (Å²) in [6.07, 6.45) is 1.60. The summed E-state index contributed by atoms with van der Waals surface area (Å²) in [4.78, 5) is 16.4. The molecular weight excluding hydrogens is 416 g/mol. The first kappa shape index (κ1) is 20.7. The van der Waals surface area contributed by atoms with Crippen molar-refractivity contribution in [1.82, 2.24) is 5.01 Å². The largest absolute Gasteiger partial charge is 0.493 e. The summed E-state index contributed by atoms with van der Waals surface area (Å²) in [6.45, 7) is 2.54. The number of para-hydroxylation sites is 1. The number of hydrazone groups is 1. The quantitative estimate of drug-likeness (QED) is 0.524. The normalized spacial score (nSPS) is 16.7. The molecule has 0 unspecified atom stereocenters. The van der Waals surface area contributed by atoms with Crippen LogP contribution in [0.1, 0.15) is 12.5 Å². The molecule has 4 rings (SSSR count). The van der Waals surface area contributed by atoms with Crippen molar-refractivity contribution in [3.8, 4) is 17.2 Å². The van der Waals surface area contributed by atoms with Crippen molar-refractivity contribution >= 4 is 39.8 Å². The Kier molecular flexibility index (Phi) is 6.03. The average molecular weight is 436 g/mol. The van der Waals surface area contributed by atoms with Gasteiger partial charge in [0, 0.05) is 0 Å². The standard InChI is InChI=1S/C22H20N4O4S/c1-14-25-26-20(23)17(21(27)24-22(26)31-14)12-15-8-9-18(19(13-15)28-2)30-11-10-29-16-6-4-3-5-7-16/h3-9,12-13,23H,10-11H2,1-2H3/b17-12+,23-20?. The minimum atomic E-state index is -0.467. The summed E-state index contributed by atoms with van der Waals surface area (Å²) >= 11 is 1.27. The second-order valence-corrected chi connectivity index (χ2v) is 7.72. The van der Waals surface area contributed by atoms with Crippen molar-refractivity contribution in [3.63, 3.8) is 0 Å². The van der Waals surface area contributed by atoms with Crippen LogP contribution in [0.3, 0.4) is 0 Å². The van der Waals surface area contributed by atoms with Gasteiger partial charge in [-0.15, -0.1) is 0 Å². The van der Waals surface area contributed by atoms with E-state index in [1.54, 1.807) is 38.3 Å². The van der Waals surface area contributed by atoms with E-state index in [0.29, 0.717) is 35.4 Å². The fourth-order valence-corrected chi connectivity index (χ4v) is 3.71. The van der Waals surface area contributed by atoms with Crippen LogP contribution in [-0.2, 0) is 4.79 Å². The van der Waals surface area contributed by atoms with Crippen molar-refractivity contribution < 1.29 is 19.0 Å². The predicted molar refractivity (Wildman–Crippen MR) is 121 cm³/mol. The second kappa shape index (κ2) is 9.05. The average Bonchev–Trinajstić information content (AvgIpc) is 3.15. The van der Waals surface area contributed by atoms with E-state index in [-0.39, 0.29) is 11.4 Å². The maximum absolute atomic E-state index is 12.4. The zero-order valence-electron chi connectivity index (χ0n) is 17.0. The predicted octanol–water partition coefficient (Wildman–Crippen LogP) is 3.79. The van der Waals surface area contributed by atoms with Gasteiger partial charge in [0.25, 0.3) is 5.91 Å². The Hall–Kier alpha value is -3.59. The highest BCUT2D eigenvalue weighted by Gasteiger charge is 2.34. The highest BCUT2D eigenvalue weighted by atomic mass is 32.2. The Morgan fingerprint density at radius 2 is 1.87 bits per heavy atom. The van der Waals surface area contributed by atoms with Gasteiger partial charge in [-0.05, 0) is 54.6 Å². The van der Waals surface area contributed by atoms with Gasteiger partial charge in [-0.2, -0.15) is 15.1 Å². The van der Waals surface area contributed by atoms with Gasteiger partial charge in [-0.25, -0.2) is 0 Å². The molecule has 31 heavy (non-hydrogen) atoms. The monoisotopic (exact) mass is 436 g/mol. The Labute approximate surface area is 183 Å². The zero-order chi connectivity index (χ0) is 21.8. The summed E-state index contributed by atoms with van der Waals surface area (Å²) in [6, 6.07) is 14.8. The van der Waals surface area contributed by atoms with Gasteiger partial charge in [0.1, 0.15) is 19.0 Å². The van der Waals surface area contributed by atoms with E-state index < -0.39 is 5.91 Å². The van der Waals surface area contributed by atoms with E-state index in [4.69, 9.17) is 19.6 Å². The number of amidine groups is 2. The molecule has 1 amide bonds. The van der Waals surface area contributed by atoms with E-state index in [9.17, 15) is 4.79 Å². The van der Waals surface area contributed by atoms with Gasteiger partial charge in [0.05, 0.1) is 17.7 Å². The molecule has 0 fully saturated rings. The molecule has 1 N–H and O–H groups in total. The van der Waals surface area contributed by atoms with E-state index in [1.807, 2.05) is 30.3 Å². The summed E-state index contributed by atoms with van der Waals surface area (Å²) in [5.74, 6) is 1.38. The molecule has 158 valence electrons. The number of methoxy groups -OCH3 is 1. The SMILES string of the molecule is COc1cc(/C=C2\C(=N)N3N=C(C)SC3=NC2=O)ccc1OCCOc1ccccc1. The topological polar surface area (TPSA) is 96.6 Å². The molecule has 9 heteroatoms. The van der Waals surface area contributed by atoms with Crippen LogP contribution in [0.25, 0.3) is 6.08 Å². The van der Waals surface area contributed by atoms with Gasteiger partial charge >= 0.3 is 0 Å². The van der Waals surface area contributed by atoms with Crippen LogP contribution in [0, 0.1) is 5.41 Å². The summed E-state index contributed by atoms with van der Waals surface area (Å²) in [7, 11) is 1.54. The second-order valence-electron chi connectivity index (χ2n) is 6.56. The summed E-state index contributed by atoms with van der Waals surface area (Å²) in [5, 5.41) is 15.1. The van der Waals surface area contributed by atoms with Crippen molar-refractivity contribution in [2.24, 2.45) is 10.1 Å². The smallest absolute Gasteiger partial charge is 0.283 e. The summed E-state index contributed by atoms with van der Waals surface area (Å²) < 4.78 is 16.8. The Balaban J connectivity index is 1.45. The van der Waals surface area contributed by atoms with Gasteiger partial charge < -0.3 is 14.2 Å². The third kappa shape index (κ3) is 4.61. The number of aliphatic imine (C=N–C) groups is 1. The molecule has 2 aliphatic heterocycles. The molecule has 0 radical (unpaired) electrons. The van der Waals surface area contributed by atoms with Crippen LogP contribution < -0.4 is 14.2 Å². The molecule has 8 nitrogen and oxygen atoms in total. The third-order valence-electron chi connectivity index (χ3n) is 4.41. The number of carbonyl (C=O) groups is 1. The van der Waals surface area contributed by atoms with Gasteiger partial charge in [0.15, 0.2) is 17.3 Å². The molecule has 0 saturated carbocycles. The Morgan fingerprint density at radius 1 is 1.10 bits per heavy atom. The maximum atomic E-state index is 12.4. The Morgan fingerprint density at radius 3 is 2.65 bits per heavy atom. The number of thioether (sulfide) groups is 1. The highest BCUT2D eigenvalue weighted by Crippen LogP contribution is 2.31. The number of nitrogens with one attached hydrogen (secondary N) is 1. The van der Waals surface area contributed by atoms with E-state index in [1.165, 1.54) is 16.8 Å². The van der Waals surface area contributed by atoms with Crippen molar-refractivity contribution in [3.05, 3.63) is 59.7 Å². The molecule has 2 aromatic carbocycles. The van der Waals surface area contributed by atoms with Crippen LogP contribution in [0.2, 0.25) is 0 Å². The molecule has 2 aliphatic rings. The first-order valence-corrected chi connectivity index (χ1v) is 10.3. The fourth-order valence-electron chi connectivity index (χ4n) is 2.98. The molecule has 2 aromatic rings. The van der Waals surface area contributed by atoms with Crippen molar-refractivity contribution in [2.45, 2.75) is 6.92 Å². The lowest BCUT2D eigenvalue weighted by Gasteiger charge is -2.20. The molecule has 0 bridgehead atoms. The van der Waals surface area contributed by atoms with Crippen molar-refractivity contribution in [1.29, 1.82) is 5.41 Å². The number of nitrogens with zero attached hydrogens (tertiary/aromatic N) is 3. The number of hydrogen-bond donors (Lipinski definition) is 1. The van der Waals surface area contributed by atoms with Crippen LogP contribution in [-0.4, -0.2) is 47.3 Å². The van der Waals surface area contributed by atoms with E-state index in [2.05, 4.69) is 10.1 Å². The first-order valence-electron chi connectivity index (χ1n) is 9.50. The molecule has 2 heterocycles. The molecular formula is C22H20N4O4S. The lowest BCUT2D eigenvalue weighted by atomic mass is 10.1. The van der Waals surface area contributed by atoms with Crippen LogP contribution in [0.15, 0.2) is 64.2 Å². The minimum absolute atomic E-state index is 0.00305. The molecule has 0 aromatic heterocycles. The van der Waals surface area contributed by atoms with Crippen LogP contribution in [0.5, 0.6) is 17.2 Å². The number of hydrogen-bond acceptors (Lipinski definition) is 7. The molecule has 0 saturated heterocycles. The number of carbonyl (C=O) groups excluding carboxylic acids is 1. The maximum Gasteiger partial charge on any atom is 0.283 e. The highest BCUT2D eigenvalue weighted by molar-refractivity contribution is 8.26. The number of ether oxygens (including phenoxy) is 3. The molecule has 0 spiro atoms. The minimum Gasteiger partial charge on any atom is -0.493 e. The summed E-state index contributed by atoms with van der Waals surface area (Å²) in [5.41, 5.74) is 0.846. The number of amides is 1. The van der Waals surface area contributed by atoms with Gasteiger partial charge in [0.2, 0.25) is 5.17 Å². The Bertz CT molecular complexity index is 1110. The number of rotatable bonds is 7. The lowest BCUT2D eigenvalue weighted by Crippen LogP contribution is -2.35. The van der Waals surface area contributed by atoms with Gasteiger partial charge in [-0.1, -0.05) is 24.3 Å².